The van der Waals surface area contributed by atoms with Crippen LogP contribution in [-0.2, 0) is 13.6 Å². The van der Waals surface area contributed by atoms with Crippen LogP contribution < -0.4 is 5.32 Å². The topological polar surface area (TPSA) is 45.5 Å². The molecular formula is C20H29N5. The van der Waals surface area contributed by atoms with Crippen molar-refractivity contribution in [3.8, 4) is 0 Å². The first-order valence-electron chi connectivity index (χ1n) is 9.57. The molecule has 2 aliphatic rings. The van der Waals surface area contributed by atoms with E-state index in [0.717, 1.165) is 30.4 Å². The summed E-state index contributed by atoms with van der Waals surface area (Å²) in [6.07, 6.45) is 8.33. The van der Waals surface area contributed by atoms with Crippen LogP contribution in [0.1, 0.15) is 44.3 Å². The summed E-state index contributed by atoms with van der Waals surface area (Å²) in [4.78, 5) is 11.7. The van der Waals surface area contributed by atoms with Crippen molar-refractivity contribution in [3.05, 3.63) is 30.1 Å². The average Bonchev–Trinajstić information content (AvgIpc) is 3.19. The molecule has 0 amide bonds. The minimum atomic E-state index is 0.549. The number of benzene rings is 1. The zero-order valence-corrected chi connectivity index (χ0v) is 15.5. The summed E-state index contributed by atoms with van der Waals surface area (Å²) in [7, 11) is 3.98. The molecule has 1 N–H and O–H groups in total. The van der Waals surface area contributed by atoms with Gasteiger partial charge in [-0.2, -0.15) is 0 Å². The molecule has 2 heterocycles. The van der Waals surface area contributed by atoms with Crippen LogP contribution in [0.15, 0.2) is 29.3 Å². The van der Waals surface area contributed by atoms with Gasteiger partial charge in [0.2, 0.25) is 0 Å². The zero-order valence-electron chi connectivity index (χ0n) is 15.5. The SMILES string of the molecule is CN=C(NCc1nc2ccccc2n1C)N1CCC2(CCCCC2)C1. The molecule has 1 saturated heterocycles. The third-order valence-electron chi connectivity index (χ3n) is 6.15. The van der Waals surface area contributed by atoms with Gasteiger partial charge in [0.05, 0.1) is 17.6 Å². The van der Waals surface area contributed by atoms with Crippen LogP contribution in [0.2, 0.25) is 0 Å². The van der Waals surface area contributed by atoms with Gasteiger partial charge < -0.3 is 14.8 Å². The van der Waals surface area contributed by atoms with Crippen molar-refractivity contribution >= 4 is 17.0 Å². The molecule has 5 nitrogen and oxygen atoms in total. The van der Waals surface area contributed by atoms with E-state index in [9.17, 15) is 0 Å². The summed E-state index contributed by atoms with van der Waals surface area (Å²) in [5.74, 6) is 2.07. The Labute approximate surface area is 150 Å². The molecule has 1 aliphatic heterocycles. The van der Waals surface area contributed by atoms with Gasteiger partial charge in [-0.3, -0.25) is 4.99 Å². The molecule has 4 rings (SSSR count). The fraction of sp³-hybridized carbons (Fsp3) is 0.600. The molecule has 1 saturated carbocycles. The third-order valence-corrected chi connectivity index (χ3v) is 6.15. The predicted molar refractivity (Wildman–Crippen MR) is 103 cm³/mol. The van der Waals surface area contributed by atoms with Crippen LogP contribution in [0.4, 0.5) is 0 Å². The number of aliphatic imine (C=N–C) groups is 1. The molecule has 134 valence electrons. The highest BCUT2D eigenvalue weighted by atomic mass is 15.3. The third kappa shape index (κ3) is 3.12. The second-order valence-corrected chi connectivity index (χ2v) is 7.71. The second kappa shape index (κ2) is 6.70. The van der Waals surface area contributed by atoms with Gasteiger partial charge in [0.15, 0.2) is 5.96 Å². The number of aryl methyl sites for hydroxylation is 1. The van der Waals surface area contributed by atoms with Crippen LogP contribution in [-0.4, -0.2) is 40.5 Å². The minimum absolute atomic E-state index is 0.549. The summed E-state index contributed by atoms with van der Waals surface area (Å²) in [5.41, 5.74) is 2.78. The van der Waals surface area contributed by atoms with Crippen molar-refractivity contribution in [3.63, 3.8) is 0 Å². The number of hydrogen-bond donors (Lipinski definition) is 1. The Kier molecular flexibility index (Phi) is 4.40. The molecule has 0 unspecified atom stereocenters. The Morgan fingerprint density at radius 2 is 2.00 bits per heavy atom. The van der Waals surface area contributed by atoms with E-state index in [1.165, 1.54) is 44.0 Å². The van der Waals surface area contributed by atoms with Crippen LogP contribution in [0.3, 0.4) is 0 Å². The molecular weight excluding hydrogens is 310 g/mol. The molecule has 1 aromatic heterocycles. The van der Waals surface area contributed by atoms with Crippen LogP contribution in [0, 0.1) is 5.41 Å². The van der Waals surface area contributed by atoms with E-state index in [2.05, 4.69) is 45.0 Å². The van der Waals surface area contributed by atoms with Crippen molar-refractivity contribution in [1.82, 2.24) is 19.8 Å². The number of nitrogens with zero attached hydrogens (tertiary/aromatic N) is 4. The largest absolute Gasteiger partial charge is 0.349 e. The number of guanidine groups is 1. The number of likely N-dealkylation sites (tertiary alicyclic amines) is 1. The molecule has 0 radical (unpaired) electrons. The smallest absolute Gasteiger partial charge is 0.194 e. The van der Waals surface area contributed by atoms with Crippen LogP contribution in [0.25, 0.3) is 11.0 Å². The first-order chi connectivity index (χ1) is 12.2. The predicted octanol–water partition coefficient (Wildman–Crippen LogP) is 3.30. The van der Waals surface area contributed by atoms with Crippen molar-refractivity contribution < 1.29 is 0 Å². The average molecular weight is 339 g/mol. The fourth-order valence-electron chi connectivity index (χ4n) is 4.67. The molecule has 1 aliphatic carbocycles. The Bertz CT molecular complexity index is 769. The monoisotopic (exact) mass is 339 g/mol. The summed E-state index contributed by atoms with van der Waals surface area (Å²) < 4.78 is 2.17. The maximum absolute atomic E-state index is 4.76. The van der Waals surface area contributed by atoms with Crippen molar-refractivity contribution in [2.24, 2.45) is 17.5 Å². The van der Waals surface area contributed by atoms with E-state index in [0.29, 0.717) is 12.0 Å². The molecule has 0 bridgehead atoms. The lowest BCUT2D eigenvalue weighted by Gasteiger charge is -2.33. The van der Waals surface area contributed by atoms with Gasteiger partial charge in [-0.05, 0) is 36.8 Å². The highest BCUT2D eigenvalue weighted by Crippen LogP contribution is 2.43. The Balaban J connectivity index is 1.43. The number of hydrogen-bond acceptors (Lipinski definition) is 2. The van der Waals surface area contributed by atoms with Crippen LogP contribution >= 0.6 is 0 Å². The van der Waals surface area contributed by atoms with Gasteiger partial charge >= 0.3 is 0 Å². The molecule has 2 aromatic rings. The Morgan fingerprint density at radius 3 is 2.76 bits per heavy atom. The van der Waals surface area contributed by atoms with E-state index < -0.39 is 0 Å². The summed E-state index contributed by atoms with van der Waals surface area (Å²) >= 11 is 0. The van der Waals surface area contributed by atoms with Gasteiger partial charge in [0, 0.05) is 27.2 Å². The molecule has 2 fully saturated rings. The zero-order chi connectivity index (χ0) is 17.3. The second-order valence-electron chi connectivity index (χ2n) is 7.71. The normalized spacial score (nSPS) is 20.6. The number of rotatable bonds is 2. The maximum atomic E-state index is 4.76. The summed E-state index contributed by atoms with van der Waals surface area (Å²) in [6, 6.07) is 8.29. The Morgan fingerprint density at radius 1 is 1.20 bits per heavy atom. The van der Waals surface area contributed by atoms with E-state index >= 15 is 0 Å². The maximum Gasteiger partial charge on any atom is 0.194 e. The number of para-hydroxylation sites is 2. The van der Waals surface area contributed by atoms with E-state index in [4.69, 9.17) is 4.98 Å². The first-order valence-corrected chi connectivity index (χ1v) is 9.57. The van der Waals surface area contributed by atoms with E-state index in [-0.39, 0.29) is 0 Å². The number of aromatic nitrogens is 2. The van der Waals surface area contributed by atoms with Crippen molar-refractivity contribution in [2.75, 3.05) is 20.1 Å². The highest BCUT2D eigenvalue weighted by molar-refractivity contribution is 5.80. The quantitative estimate of drug-likeness (QED) is 0.674. The summed E-state index contributed by atoms with van der Waals surface area (Å²) in [5, 5.41) is 3.54. The lowest BCUT2D eigenvalue weighted by atomic mass is 9.73. The highest BCUT2D eigenvalue weighted by Gasteiger charge is 2.39. The first kappa shape index (κ1) is 16.4. The fourth-order valence-corrected chi connectivity index (χ4v) is 4.67. The van der Waals surface area contributed by atoms with Crippen molar-refractivity contribution in [1.29, 1.82) is 0 Å². The number of fused-ring (bicyclic) bond motifs is 1. The molecule has 1 spiro atoms. The molecule has 25 heavy (non-hydrogen) atoms. The number of nitrogens with one attached hydrogen (secondary N) is 1. The van der Waals surface area contributed by atoms with E-state index in [1.54, 1.807) is 0 Å². The number of imidazole rings is 1. The van der Waals surface area contributed by atoms with Gasteiger partial charge in [0.25, 0.3) is 0 Å². The molecule has 1 aromatic carbocycles. The van der Waals surface area contributed by atoms with E-state index in [1.807, 2.05) is 13.1 Å². The standard InChI is InChI=1S/C20H29N5/c1-21-19(25-13-12-20(15-25)10-6-3-7-11-20)22-14-18-23-16-8-4-5-9-17(16)24(18)2/h4-5,8-9H,3,6-7,10-15H2,1-2H3,(H,21,22). The summed E-state index contributed by atoms with van der Waals surface area (Å²) in [6.45, 7) is 3.00. The molecule has 0 atom stereocenters. The van der Waals surface area contributed by atoms with Gasteiger partial charge in [-0.15, -0.1) is 0 Å². The lowest BCUT2D eigenvalue weighted by molar-refractivity contribution is 0.203. The van der Waals surface area contributed by atoms with Crippen LogP contribution in [0.5, 0.6) is 0 Å². The molecule has 5 heteroatoms. The van der Waals surface area contributed by atoms with Gasteiger partial charge in [0.1, 0.15) is 5.82 Å². The lowest BCUT2D eigenvalue weighted by Crippen LogP contribution is -2.41. The van der Waals surface area contributed by atoms with Gasteiger partial charge in [-0.1, -0.05) is 31.4 Å². The minimum Gasteiger partial charge on any atom is -0.349 e. The van der Waals surface area contributed by atoms with Gasteiger partial charge in [-0.25, -0.2) is 4.98 Å². The van der Waals surface area contributed by atoms with Crippen molar-refractivity contribution in [2.45, 2.75) is 45.1 Å². The Hall–Kier alpha value is -2.04.